The van der Waals surface area contributed by atoms with Gasteiger partial charge in [0.2, 0.25) is 0 Å². The molecule has 5 heteroatoms. The molecular formula is C13H17N3S2. The summed E-state index contributed by atoms with van der Waals surface area (Å²) in [6, 6.07) is 0. The number of hydrogen-bond acceptors (Lipinski definition) is 5. The zero-order chi connectivity index (χ0) is 12.6. The lowest BCUT2D eigenvalue weighted by molar-refractivity contribution is 0.238. The van der Waals surface area contributed by atoms with E-state index in [4.69, 9.17) is 10.7 Å². The molecule has 3 rings (SSSR count). The highest BCUT2D eigenvalue weighted by Crippen LogP contribution is 2.40. The fourth-order valence-electron chi connectivity index (χ4n) is 2.74. The van der Waals surface area contributed by atoms with Crippen LogP contribution in [-0.2, 0) is 5.54 Å². The van der Waals surface area contributed by atoms with Gasteiger partial charge in [0, 0.05) is 17.0 Å². The van der Waals surface area contributed by atoms with Gasteiger partial charge in [0.1, 0.15) is 15.7 Å². The first-order valence-electron chi connectivity index (χ1n) is 6.32. The maximum Gasteiger partial charge on any atom is 0.142 e. The molecule has 18 heavy (non-hydrogen) atoms. The van der Waals surface area contributed by atoms with Gasteiger partial charge in [-0.05, 0) is 18.8 Å². The summed E-state index contributed by atoms with van der Waals surface area (Å²) in [5.41, 5.74) is 7.34. The van der Waals surface area contributed by atoms with Gasteiger partial charge in [-0.25, -0.2) is 9.97 Å². The van der Waals surface area contributed by atoms with E-state index in [-0.39, 0.29) is 5.54 Å². The van der Waals surface area contributed by atoms with Crippen LogP contribution in [0.5, 0.6) is 0 Å². The van der Waals surface area contributed by atoms with Crippen molar-refractivity contribution in [2.24, 2.45) is 11.7 Å². The van der Waals surface area contributed by atoms with Gasteiger partial charge in [0.15, 0.2) is 0 Å². The molecule has 2 aromatic rings. The summed E-state index contributed by atoms with van der Waals surface area (Å²) < 4.78 is 0. The van der Waals surface area contributed by atoms with Crippen LogP contribution in [0.4, 0.5) is 0 Å². The van der Waals surface area contributed by atoms with Gasteiger partial charge in [0.05, 0.1) is 5.54 Å². The van der Waals surface area contributed by atoms with Crippen molar-refractivity contribution in [3.05, 3.63) is 22.0 Å². The molecule has 0 bridgehead atoms. The van der Waals surface area contributed by atoms with E-state index in [0.717, 1.165) is 28.6 Å². The van der Waals surface area contributed by atoms with Crippen LogP contribution in [0.2, 0.25) is 0 Å². The summed E-state index contributed by atoms with van der Waals surface area (Å²) in [4.78, 5) is 9.03. The van der Waals surface area contributed by atoms with Gasteiger partial charge in [-0.15, -0.1) is 22.7 Å². The molecule has 2 aromatic heterocycles. The van der Waals surface area contributed by atoms with Crippen molar-refractivity contribution in [1.82, 2.24) is 9.97 Å². The highest BCUT2D eigenvalue weighted by atomic mass is 32.1. The summed E-state index contributed by atoms with van der Waals surface area (Å²) in [5, 5.41) is 6.14. The van der Waals surface area contributed by atoms with E-state index in [1.807, 2.05) is 11.6 Å². The molecule has 0 aliphatic heterocycles. The van der Waals surface area contributed by atoms with Gasteiger partial charge < -0.3 is 5.73 Å². The molecule has 2 N–H and O–H groups in total. The summed E-state index contributed by atoms with van der Waals surface area (Å²) in [6.45, 7) is 2.29. The van der Waals surface area contributed by atoms with Gasteiger partial charge in [0.25, 0.3) is 0 Å². The molecule has 2 heterocycles. The molecule has 0 spiro atoms. The Balaban J connectivity index is 1.88. The third-order valence-corrected chi connectivity index (χ3v) is 5.47. The summed E-state index contributed by atoms with van der Waals surface area (Å²) in [7, 11) is 0. The van der Waals surface area contributed by atoms with Gasteiger partial charge in [-0.1, -0.05) is 19.8 Å². The number of hydrogen-bond donors (Lipinski definition) is 1. The third-order valence-electron chi connectivity index (χ3n) is 3.61. The molecule has 2 atom stereocenters. The first kappa shape index (κ1) is 12.3. The maximum absolute atomic E-state index is 6.57. The Hall–Kier alpha value is -0.780. The van der Waals surface area contributed by atoms with Crippen LogP contribution in [-0.4, -0.2) is 9.97 Å². The van der Waals surface area contributed by atoms with Crippen molar-refractivity contribution < 1.29 is 0 Å². The first-order chi connectivity index (χ1) is 8.67. The van der Waals surface area contributed by atoms with Crippen LogP contribution in [0, 0.1) is 5.92 Å². The number of aromatic nitrogens is 2. The zero-order valence-electron chi connectivity index (χ0n) is 10.4. The molecule has 3 nitrogen and oxygen atoms in total. The van der Waals surface area contributed by atoms with Crippen molar-refractivity contribution in [1.29, 1.82) is 0 Å². The Morgan fingerprint density at radius 1 is 1.44 bits per heavy atom. The Morgan fingerprint density at radius 2 is 2.33 bits per heavy atom. The zero-order valence-corrected chi connectivity index (χ0v) is 12.1. The number of thiazole rings is 2. The molecule has 2 unspecified atom stereocenters. The van der Waals surface area contributed by atoms with Crippen LogP contribution < -0.4 is 5.73 Å². The minimum absolute atomic E-state index is 0.210. The summed E-state index contributed by atoms with van der Waals surface area (Å²) in [5.74, 6) is 0.705. The molecule has 1 aliphatic carbocycles. The predicted molar refractivity (Wildman–Crippen MR) is 76.7 cm³/mol. The second-order valence-electron chi connectivity index (χ2n) is 5.23. The Morgan fingerprint density at radius 3 is 3.06 bits per heavy atom. The number of nitrogens with two attached hydrogens (primary N) is 1. The minimum Gasteiger partial charge on any atom is -0.319 e. The average Bonchev–Trinajstić information content (AvgIpc) is 3.00. The lowest BCUT2D eigenvalue weighted by Gasteiger charge is -2.35. The van der Waals surface area contributed by atoms with Gasteiger partial charge in [-0.3, -0.25) is 0 Å². The third kappa shape index (κ3) is 2.22. The smallest absolute Gasteiger partial charge is 0.142 e. The number of rotatable bonds is 2. The van der Waals surface area contributed by atoms with E-state index in [2.05, 4.69) is 17.3 Å². The van der Waals surface area contributed by atoms with Crippen LogP contribution in [0.1, 0.15) is 37.6 Å². The Labute approximate surface area is 115 Å². The topological polar surface area (TPSA) is 51.8 Å². The highest BCUT2D eigenvalue weighted by molar-refractivity contribution is 7.14. The molecular weight excluding hydrogens is 262 g/mol. The lowest BCUT2D eigenvalue weighted by atomic mass is 9.77. The van der Waals surface area contributed by atoms with Crippen molar-refractivity contribution >= 4 is 22.7 Å². The normalized spacial score (nSPS) is 28.4. The fraction of sp³-hybridized carbons (Fsp3) is 0.538. The van der Waals surface area contributed by atoms with E-state index in [1.54, 1.807) is 22.7 Å². The molecule has 1 aliphatic rings. The molecule has 1 fully saturated rings. The predicted octanol–water partition coefficient (Wildman–Crippen LogP) is 3.63. The summed E-state index contributed by atoms with van der Waals surface area (Å²) >= 11 is 3.31. The second kappa shape index (κ2) is 4.72. The first-order valence-corrected chi connectivity index (χ1v) is 8.08. The fourth-order valence-corrected chi connectivity index (χ4v) is 4.37. The standard InChI is InChI=1S/C13H17N3S2/c1-9-3-2-4-13(14,7-9)12-16-10(8-18-12)11-15-5-6-17-11/h5-6,8-9H,2-4,7,14H2,1H3. The SMILES string of the molecule is CC1CCCC(N)(c2nc(-c3nccs3)cs2)C1. The van der Waals surface area contributed by atoms with Crippen molar-refractivity contribution in [2.45, 2.75) is 38.1 Å². The minimum atomic E-state index is -0.210. The van der Waals surface area contributed by atoms with Crippen molar-refractivity contribution in [2.75, 3.05) is 0 Å². The molecule has 0 aromatic carbocycles. The van der Waals surface area contributed by atoms with E-state index in [1.165, 1.54) is 12.8 Å². The number of nitrogens with zero attached hydrogens (tertiary/aromatic N) is 2. The average molecular weight is 279 g/mol. The van der Waals surface area contributed by atoms with Gasteiger partial charge in [-0.2, -0.15) is 0 Å². The lowest BCUT2D eigenvalue weighted by Crippen LogP contribution is -2.40. The quantitative estimate of drug-likeness (QED) is 0.913. The molecule has 0 amide bonds. The van der Waals surface area contributed by atoms with E-state index in [9.17, 15) is 0 Å². The van der Waals surface area contributed by atoms with E-state index < -0.39 is 0 Å². The van der Waals surface area contributed by atoms with Crippen LogP contribution in [0.3, 0.4) is 0 Å². The van der Waals surface area contributed by atoms with Crippen LogP contribution in [0.15, 0.2) is 17.0 Å². The molecule has 1 saturated carbocycles. The summed E-state index contributed by atoms with van der Waals surface area (Å²) in [6.07, 6.45) is 6.44. The highest BCUT2D eigenvalue weighted by Gasteiger charge is 2.35. The Bertz CT molecular complexity index is 520. The van der Waals surface area contributed by atoms with Crippen LogP contribution >= 0.6 is 22.7 Å². The van der Waals surface area contributed by atoms with Crippen molar-refractivity contribution in [3.8, 4) is 10.7 Å². The van der Waals surface area contributed by atoms with Crippen molar-refractivity contribution in [3.63, 3.8) is 0 Å². The molecule has 0 saturated heterocycles. The maximum atomic E-state index is 6.57. The van der Waals surface area contributed by atoms with Crippen LogP contribution in [0.25, 0.3) is 10.7 Å². The molecule has 96 valence electrons. The molecule has 0 radical (unpaired) electrons. The largest absolute Gasteiger partial charge is 0.319 e. The van der Waals surface area contributed by atoms with Gasteiger partial charge >= 0.3 is 0 Å². The second-order valence-corrected chi connectivity index (χ2v) is 6.99. The van der Waals surface area contributed by atoms with E-state index in [0.29, 0.717) is 5.92 Å². The monoisotopic (exact) mass is 279 g/mol. The Kier molecular flexibility index (Phi) is 3.21. The van der Waals surface area contributed by atoms with E-state index >= 15 is 0 Å².